The highest BCUT2D eigenvalue weighted by Gasteiger charge is 2.29. The van der Waals surface area contributed by atoms with E-state index in [1.54, 1.807) is 27.0 Å². The molecule has 4 heteroatoms. The smallest absolute Gasteiger partial charge is 0.204 e. The number of rotatable bonds is 2. The number of nitrogens with zero attached hydrogens (tertiary/aromatic N) is 1. The van der Waals surface area contributed by atoms with Gasteiger partial charge in [-0.1, -0.05) is 0 Å². The van der Waals surface area contributed by atoms with Crippen molar-refractivity contribution < 1.29 is 8.42 Å². The fraction of sp³-hybridized carbons (Fsp3) is 0.875. The van der Waals surface area contributed by atoms with Crippen LogP contribution in [0.25, 0.3) is 0 Å². The van der Waals surface area contributed by atoms with E-state index in [4.69, 9.17) is 0 Å². The van der Waals surface area contributed by atoms with E-state index in [1.807, 2.05) is 0 Å². The molecule has 70 valence electrons. The van der Waals surface area contributed by atoms with Crippen molar-refractivity contribution in [3.05, 3.63) is 0 Å². The third-order valence-electron chi connectivity index (χ3n) is 1.81. The normalized spacial score (nSPS) is 20.2. The lowest BCUT2D eigenvalue weighted by Crippen LogP contribution is -2.25. The average molecular weight is 189 g/mol. The topological polar surface area (TPSA) is 46.5 Å². The van der Waals surface area contributed by atoms with Crippen molar-refractivity contribution in [1.29, 1.82) is 0 Å². The van der Waals surface area contributed by atoms with Crippen molar-refractivity contribution in [3.8, 4) is 0 Å². The summed E-state index contributed by atoms with van der Waals surface area (Å²) >= 11 is 0. The summed E-state index contributed by atoms with van der Waals surface area (Å²) in [5.41, 5.74) is 0. The maximum absolute atomic E-state index is 11.4. The SMILES string of the molecule is CC(C)(C)S(=O)(=O)/N=C/C1CC1. The van der Waals surface area contributed by atoms with Gasteiger partial charge in [0.05, 0.1) is 4.75 Å². The molecule has 1 aliphatic rings. The van der Waals surface area contributed by atoms with E-state index < -0.39 is 14.8 Å². The van der Waals surface area contributed by atoms with Gasteiger partial charge in [-0.3, -0.25) is 0 Å². The van der Waals surface area contributed by atoms with E-state index in [2.05, 4.69) is 4.40 Å². The van der Waals surface area contributed by atoms with Crippen LogP contribution in [0.3, 0.4) is 0 Å². The Kier molecular flexibility index (Phi) is 2.29. The molecule has 0 aliphatic heterocycles. The zero-order chi connectivity index (χ0) is 9.41. The lowest BCUT2D eigenvalue weighted by atomic mass is 10.3. The van der Waals surface area contributed by atoms with E-state index in [9.17, 15) is 8.42 Å². The zero-order valence-electron chi connectivity index (χ0n) is 7.74. The molecule has 0 atom stereocenters. The van der Waals surface area contributed by atoms with Gasteiger partial charge in [0.25, 0.3) is 10.0 Å². The van der Waals surface area contributed by atoms with Gasteiger partial charge < -0.3 is 0 Å². The van der Waals surface area contributed by atoms with Gasteiger partial charge in [-0.05, 0) is 39.5 Å². The summed E-state index contributed by atoms with van der Waals surface area (Å²) < 4.78 is 25.6. The monoisotopic (exact) mass is 189 g/mol. The first-order chi connectivity index (χ1) is 5.33. The molecule has 0 aromatic rings. The van der Waals surface area contributed by atoms with Crippen LogP contribution in [-0.2, 0) is 10.0 Å². The third-order valence-corrected chi connectivity index (χ3v) is 3.75. The Hall–Kier alpha value is -0.380. The molecule has 0 N–H and O–H groups in total. The van der Waals surface area contributed by atoms with Crippen LogP contribution in [0.2, 0.25) is 0 Å². The predicted molar refractivity (Wildman–Crippen MR) is 49.9 cm³/mol. The van der Waals surface area contributed by atoms with Crippen LogP contribution in [0, 0.1) is 5.92 Å². The van der Waals surface area contributed by atoms with E-state index in [-0.39, 0.29) is 0 Å². The van der Waals surface area contributed by atoms with Crippen LogP contribution in [0.5, 0.6) is 0 Å². The second-order valence-corrected chi connectivity index (χ2v) is 6.57. The molecule has 1 saturated carbocycles. The Bertz CT molecular complexity index is 281. The third kappa shape index (κ3) is 2.30. The van der Waals surface area contributed by atoms with Crippen molar-refractivity contribution in [2.75, 3.05) is 0 Å². The zero-order valence-corrected chi connectivity index (χ0v) is 8.56. The van der Waals surface area contributed by atoms with Crippen LogP contribution in [-0.4, -0.2) is 19.4 Å². The molecule has 1 rings (SSSR count). The van der Waals surface area contributed by atoms with E-state index in [0.717, 1.165) is 12.8 Å². The van der Waals surface area contributed by atoms with Gasteiger partial charge in [-0.25, -0.2) is 8.42 Å². The van der Waals surface area contributed by atoms with Crippen LogP contribution in [0.15, 0.2) is 4.40 Å². The summed E-state index contributed by atoms with van der Waals surface area (Å²) in [4.78, 5) is 0. The first-order valence-electron chi connectivity index (χ1n) is 4.13. The average Bonchev–Trinajstić information content (AvgIpc) is 2.62. The summed E-state index contributed by atoms with van der Waals surface area (Å²) in [5.74, 6) is 0.419. The lowest BCUT2D eigenvalue weighted by Gasteiger charge is -2.14. The van der Waals surface area contributed by atoms with Crippen LogP contribution in [0.4, 0.5) is 0 Å². The molecule has 1 fully saturated rings. The molecule has 0 saturated heterocycles. The van der Waals surface area contributed by atoms with Crippen molar-refractivity contribution in [3.63, 3.8) is 0 Å². The van der Waals surface area contributed by atoms with Gasteiger partial charge in [0, 0.05) is 6.21 Å². The summed E-state index contributed by atoms with van der Waals surface area (Å²) in [5, 5.41) is 0. The summed E-state index contributed by atoms with van der Waals surface area (Å²) in [7, 11) is -3.28. The molecule has 0 radical (unpaired) electrons. The first kappa shape index (κ1) is 9.71. The van der Waals surface area contributed by atoms with Crippen LogP contribution >= 0.6 is 0 Å². The van der Waals surface area contributed by atoms with E-state index in [1.165, 1.54) is 0 Å². The van der Waals surface area contributed by atoms with E-state index >= 15 is 0 Å². The molecule has 3 nitrogen and oxygen atoms in total. The molecule has 0 aromatic heterocycles. The Labute approximate surface area is 73.9 Å². The number of hydrogen-bond donors (Lipinski definition) is 0. The minimum atomic E-state index is -3.28. The molecular weight excluding hydrogens is 174 g/mol. The molecule has 0 aromatic carbocycles. The standard InChI is InChI=1S/C8H15NO2S/c1-8(2,3)12(10,11)9-6-7-4-5-7/h6-7H,4-5H2,1-3H3/b9-6+. The number of sulfonamides is 1. The van der Waals surface area contributed by atoms with Crippen molar-refractivity contribution in [2.24, 2.45) is 10.3 Å². The highest BCUT2D eigenvalue weighted by Crippen LogP contribution is 2.27. The highest BCUT2D eigenvalue weighted by atomic mass is 32.2. The molecule has 0 unspecified atom stereocenters. The van der Waals surface area contributed by atoms with Gasteiger partial charge in [0.15, 0.2) is 0 Å². The largest absolute Gasteiger partial charge is 0.257 e. The molecular formula is C8H15NO2S. The van der Waals surface area contributed by atoms with Crippen molar-refractivity contribution >= 4 is 16.2 Å². The minimum absolute atomic E-state index is 0.419. The first-order valence-corrected chi connectivity index (χ1v) is 5.57. The van der Waals surface area contributed by atoms with Gasteiger partial charge in [0.1, 0.15) is 0 Å². The quantitative estimate of drug-likeness (QED) is 0.619. The lowest BCUT2D eigenvalue weighted by molar-refractivity contribution is 0.562. The van der Waals surface area contributed by atoms with Crippen molar-refractivity contribution in [2.45, 2.75) is 38.4 Å². The van der Waals surface area contributed by atoms with Gasteiger partial charge in [0.2, 0.25) is 0 Å². The van der Waals surface area contributed by atoms with Crippen LogP contribution in [0.1, 0.15) is 33.6 Å². The number of hydrogen-bond acceptors (Lipinski definition) is 2. The summed E-state index contributed by atoms with van der Waals surface area (Å²) in [6.45, 7) is 4.98. The Morgan fingerprint density at radius 3 is 2.17 bits per heavy atom. The van der Waals surface area contributed by atoms with Gasteiger partial charge >= 0.3 is 0 Å². The Morgan fingerprint density at radius 1 is 1.33 bits per heavy atom. The fourth-order valence-corrected chi connectivity index (χ4v) is 1.22. The molecule has 0 bridgehead atoms. The second-order valence-electron chi connectivity index (χ2n) is 4.18. The summed E-state index contributed by atoms with van der Waals surface area (Å²) in [6, 6.07) is 0. The molecule has 0 spiro atoms. The van der Waals surface area contributed by atoms with Gasteiger partial charge in [-0.15, -0.1) is 0 Å². The fourth-order valence-electron chi connectivity index (χ4n) is 0.570. The summed E-state index contributed by atoms with van der Waals surface area (Å²) in [6.07, 6.45) is 3.74. The molecule has 1 aliphatic carbocycles. The minimum Gasteiger partial charge on any atom is -0.204 e. The van der Waals surface area contributed by atoms with Crippen molar-refractivity contribution in [1.82, 2.24) is 0 Å². The maximum Gasteiger partial charge on any atom is 0.257 e. The molecule has 0 amide bonds. The van der Waals surface area contributed by atoms with Crippen LogP contribution < -0.4 is 0 Å². The predicted octanol–water partition coefficient (Wildman–Crippen LogP) is 1.60. The maximum atomic E-state index is 11.4. The second kappa shape index (κ2) is 2.83. The highest BCUT2D eigenvalue weighted by molar-refractivity contribution is 7.91. The Morgan fingerprint density at radius 2 is 1.83 bits per heavy atom. The molecule has 12 heavy (non-hydrogen) atoms. The molecule has 0 heterocycles. The Balaban J connectivity index is 2.72. The van der Waals surface area contributed by atoms with Gasteiger partial charge in [-0.2, -0.15) is 4.40 Å². The van der Waals surface area contributed by atoms with E-state index in [0.29, 0.717) is 5.92 Å².